The van der Waals surface area contributed by atoms with E-state index in [2.05, 4.69) is 5.32 Å². The molecule has 0 aliphatic heterocycles. The fourth-order valence-corrected chi connectivity index (χ4v) is 2.76. The summed E-state index contributed by atoms with van der Waals surface area (Å²) in [5.74, 6) is 2.77. The molecular formula is C21H21NO3. The Labute approximate surface area is 147 Å². The van der Waals surface area contributed by atoms with Crippen LogP contribution in [-0.2, 0) is 6.54 Å². The van der Waals surface area contributed by atoms with Gasteiger partial charge < -0.3 is 14.5 Å². The molecule has 0 spiro atoms. The van der Waals surface area contributed by atoms with Crippen molar-refractivity contribution in [1.29, 1.82) is 0 Å². The predicted molar refractivity (Wildman–Crippen MR) is 97.0 cm³/mol. The van der Waals surface area contributed by atoms with Crippen molar-refractivity contribution in [1.82, 2.24) is 5.32 Å². The Morgan fingerprint density at radius 2 is 1.64 bits per heavy atom. The van der Waals surface area contributed by atoms with E-state index in [1.165, 1.54) is 0 Å². The highest BCUT2D eigenvalue weighted by Gasteiger charge is 2.18. The molecule has 0 radical (unpaired) electrons. The zero-order chi connectivity index (χ0) is 17.8. The molecule has 25 heavy (non-hydrogen) atoms. The van der Waals surface area contributed by atoms with E-state index >= 15 is 0 Å². The van der Waals surface area contributed by atoms with Gasteiger partial charge in [0.2, 0.25) is 0 Å². The van der Waals surface area contributed by atoms with Crippen LogP contribution in [0.3, 0.4) is 0 Å². The van der Waals surface area contributed by atoms with Gasteiger partial charge in [0.1, 0.15) is 23.0 Å². The minimum Gasteiger partial charge on any atom is -0.466 e. The number of rotatable bonds is 5. The summed E-state index contributed by atoms with van der Waals surface area (Å²) in [4.78, 5) is 12.5. The molecule has 1 aromatic heterocycles. The zero-order valence-electron chi connectivity index (χ0n) is 14.6. The van der Waals surface area contributed by atoms with Crippen LogP contribution in [-0.4, -0.2) is 5.91 Å². The second kappa shape index (κ2) is 7.26. The lowest BCUT2D eigenvalue weighted by Crippen LogP contribution is -2.24. The van der Waals surface area contributed by atoms with E-state index in [9.17, 15) is 4.79 Å². The Bertz CT molecular complexity index is 881. The Morgan fingerprint density at radius 3 is 2.32 bits per heavy atom. The molecule has 4 heteroatoms. The maximum Gasteiger partial charge on any atom is 0.255 e. The number of ether oxygens (including phenoxy) is 1. The molecule has 0 fully saturated rings. The smallest absolute Gasteiger partial charge is 0.255 e. The van der Waals surface area contributed by atoms with Gasteiger partial charge in [-0.3, -0.25) is 4.79 Å². The van der Waals surface area contributed by atoms with Gasteiger partial charge in [-0.2, -0.15) is 0 Å². The van der Waals surface area contributed by atoms with E-state index in [-0.39, 0.29) is 5.91 Å². The lowest BCUT2D eigenvalue weighted by Gasteiger charge is -2.12. The Balaban J connectivity index is 1.74. The summed E-state index contributed by atoms with van der Waals surface area (Å²) < 4.78 is 11.5. The second-order valence-electron chi connectivity index (χ2n) is 5.92. The zero-order valence-corrected chi connectivity index (χ0v) is 14.6. The van der Waals surface area contributed by atoms with Gasteiger partial charge in [-0.25, -0.2) is 0 Å². The quantitative estimate of drug-likeness (QED) is 0.719. The van der Waals surface area contributed by atoms with Crippen molar-refractivity contribution in [3.8, 4) is 11.5 Å². The highest BCUT2D eigenvalue weighted by atomic mass is 16.5. The minimum absolute atomic E-state index is 0.138. The van der Waals surface area contributed by atoms with E-state index in [1.807, 2.05) is 68.4 Å². The van der Waals surface area contributed by atoms with Gasteiger partial charge in [0.25, 0.3) is 5.91 Å². The number of carbonyl (C=O) groups excluding carboxylic acids is 1. The number of para-hydroxylation sites is 2. The summed E-state index contributed by atoms with van der Waals surface area (Å²) in [6.07, 6.45) is 0. The van der Waals surface area contributed by atoms with Crippen LogP contribution in [0, 0.1) is 20.8 Å². The first-order valence-electron chi connectivity index (χ1n) is 8.22. The van der Waals surface area contributed by atoms with Gasteiger partial charge in [0.15, 0.2) is 0 Å². The van der Waals surface area contributed by atoms with Crippen molar-refractivity contribution in [2.75, 3.05) is 0 Å². The molecule has 3 rings (SSSR count). The van der Waals surface area contributed by atoms with Crippen LogP contribution in [0.15, 0.2) is 59.0 Å². The van der Waals surface area contributed by atoms with Gasteiger partial charge in [-0.05, 0) is 39.0 Å². The van der Waals surface area contributed by atoms with Gasteiger partial charge in [0, 0.05) is 17.7 Å². The topological polar surface area (TPSA) is 51.5 Å². The van der Waals surface area contributed by atoms with Crippen LogP contribution < -0.4 is 10.1 Å². The summed E-state index contributed by atoms with van der Waals surface area (Å²) in [7, 11) is 0. The molecule has 0 atom stereocenters. The largest absolute Gasteiger partial charge is 0.466 e. The molecule has 2 aromatic carbocycles. The number of nitrogens with one attached hydrogen (secondary N) is 1. The second-order valence-corrected chi connectivity index (χ2v) is 5.92. The van der Waals surface area contributed by atoms with E-state index in [0.29, 0.717) is 17.9 Å². The van der Waals surface area contributed by atoms with Crippen LogP contribution in [0.2, 0.25) is 0 Å². The SMILES string of the molecule is Cc1oc(C)c(C(=O)NCc2ccccc2Oc2ccccc2)c1C. The Kier molecular flexibility index (Phi) is 4.89. The van der Waals surface area contributed by atoms with Crippen molar-refractivity contribution >= 4 is 5.91 Å². The molecule has 3 aromatic rings. The molecule has 4 nitrogen and oxygen atoms in total. The lowest BCUT2D eigenvalue weighted by molar-refractivity contribution is 0.0948. The van der Waals surface area contributed by atoms with E-state index in [4.69, 9.17) is 9.15 Å². The summed E-state index contributed by atoms with van der Waals surface area (Å²) in [5.41, 5.74) is 2.40. The molecule has 0 saturated carbocycles. The van der Waals surface area contributed by atoms with Gasteiger partial charge in [-0.1, -0.05) is 36.4 Å². The van der Waals surface area contributed by atoms with E-state index in [1.54, 1.807) is 6.92 Å². The first kappa shape index (κ1) is 16.8. The van der Waals surface area contributed by atoms with Gasteiger partial charge in [-0.15, -0.1) is 0 Å². The van der Waals surface area contributed by atoms with Crippen LogP contribution in [0.4, 0.5) is 0 Å². The fourth-order valence-electron chi connectivity index (χ4n) is 2.76. The molecular weight excluding hydrogens is 314 g/mol. The maximum atomic E-state index is 12.5. The van der Waals surface area contributed by atoms with Gasteiger partial charge in [0.05, 0.1) is 5.56 Å². The molecule has 0 aliphatic rings. The first-order valence-corrected chi connectivity index (χ1v) is 8.22. The third-order valence-corrected chi connectivity index (χ3v) is 4.17. The number of amides is 1. The minimum atomic E-state index is -0.138. The van der Waals surface area contributed by atoms with E-state index < -0.39 is 0 Å². The van der Waals surface area contributed by atoms with Crippen molar-refractivity contribution in [2.24, 2.45) is 0 Å². The molecule has 1 heterocycles. The Hall–Kier alpha value is -3.01. The summed E-state index contributed by atoms with van der Waals surface area (Å²) in [6.45, 7) is 5.95. The lowest BCUT2D eigenvalue weighted by atomic mass is 10.1. The third-order valence-electron chi connectivity index (χ3n) is 4.17. The fraction of sp³-hybridized carbons (Fsp3) is 0.190. The number of carbonyl (C=O) groups is 1. The monoisotopic (exact) mass is 335 g/mol. The Morgan fingerprint density at radius 1 is 0.960 bits per heavy atom. The standard InChI is InChI=1S/C21H21NO3/c1-14-15(2)24-16(3)20(14)21(23)22-13-17-9-7-8-12-19(17)25-18-10-5-4-6-11-18/h4-12H,13H2,1-3H3,(H,22,23). The van der Waals surface area contributed by atoms with Crippen molar-refractivity contribution in [3.05, 3.63) is 82.8 Å². The molecule has 1 N–H and O–H groups in total. The van der Waals surface area contributed by atoms with Gasteiger partial charge >= 0.3 is 0 Å². The number of hydrogen-bond acceptors (Lipinski definition) is 3. The first-order chi connectivity index (χ1) is 12.1. The summed E-state index contributed by atoms with van der Waals surface area (Å²) in [5, 5.41) is 2.96. The highest BCUT2D eigenvalue weighted by Crippen LogP contribution is 2.25. The maximum absolute atomic E-state index is 12.5. The van der Waals surface area contributed by atoms with Crippen molar-refractivity contribution in [2.45, 2.75) is 27.3 Å². The number of benzene rings is 2. The molecule has 128 valence electrons. The molecule has 1 amide bonds. The summed E-state index contributed by atoms with van der Waals surface area (Å²) >= 11 is 0. The average Bonchev–Trinajstić information content (AvgIpc) is 2.87. The summed E-state index contributed by atoms with van der Waals surface area (Å²) in [6, 6.07) is 17.3. The molecule has 0 aliphatic carbocycles. The van der Waals surface area contributed by atoms with Crippen LogP contribution in [0.5, 0.6) is 11.5 Å². The average molecular weight is 335 g/mol. The number of hydrogen-bond donors (Lipinski definition) is 1. The molecule has 0 saturated heterocycles. The van der Waals surface area contributed by atoms with Crippen molar-refractivity contribution in [3.63, 3.8) is 0 Å². The molecule has 0 unspecified atom stereocenters. The molecule has 0 bridgehead atoms. The van der Waals surface area contributed by atoms with Crippen LogP contribution in [0.1, 0.15) is 33.0 Å². The van der Waals surface area contributed by atoms with Crippen LogP contribution >= 0.6 is 0 Å². The van der Waals surface area contributed by atoms with Crippen molar-refractivity contribution < 1.29 is 13.9 Å². The normalized spacial score (nSPS) is 10.5. The predicted octanol–water partition coefficient (Wildman–Crippen LogP) is 4.93. The number of aryl methyl sites for hydroxylation is 2. The van der Waals surface area contributed by atoms with Crippen LogP contribution in [0.25, 0.3) is 0 Å². The highest BCUT2D eigenvalue weighted by molar-refractivity contribution is 5.96. The third kappa shape index (κ3) is 3.74. The van der Waals surface area contributed by atoms with E-state index in [0.717, 1.165) is 28.4 Å². The number of furan rings is 1.